The van der Waals surface area contributed by atoms with E-state index in [4.69, 9.17) is 9.47 Å². The lowest BCUT2D eigenvalue weighted by Crippen LogP contribution is -2.28. The molecule has 0 fully saturated rings. The minimum absolute atomic E-state index is 0.163. The lowest BCUT2D eigenvalue weighted by Gasteiger charge is -2.10. The van der Waals surface area contributed by atoms with Gasteiger partial charge in [-0.25, -0.2) is 4.98 Å². The molecular weight excluding hydrogens is 354 g/mol. The smallest absolute Gasteiger partial charge is 0.251 e. The number of amides is 1. The minimum atomic E-state index is -0.163. The first kappa shape index (κ1) is 19.2. The normalized spacial score (nSPS) is 10.2. The van der Waals surface area contributed by atoms with Crippen molar-refractivity contribution in [2.75, 3.05) is 25.6 Å². The van der Waals surface area contributed by atoms with E-state index >= 15 is 0 Å². The Labute approximate surface area is 164 Å². The number of anilines is 1. The van der Waals surface area contributed by atoms with E-state index in [0.717, 1.165) is 17.1 Å². The maximum atomic E-state index is 12.3. The third-order valence-corrected chi connectivity index (χ3v) is 4.05. The van der Waals surface area contributed by atoms with Crippen LogP contribution in [-0.4, -0.2) is 31.2 Å². The van der Waals surface area contributed by atoms with Crippen LogP contribution >= 0.6 is 0 Å². The van der Waals surface area contributed by atoms with Gasteiger partial charge in [0.2, 0.25) is 0 Å². The highest BCUT2D eigenvalue weighted by Crippen LogP contribution is 2.16. The molecule has 0 saturated heterocycles. The van der Waals surface area contributed by atoms with Gasteiger partial charge in [0.1, 0.15) is 23.9 Å². The highest BCUT2D eigenvalue weighted by Gasteiger charge is 2.06. The number of pyridine rings is 1. The van der Waals surface area contributed by atoms with E-state index in [1.807, 2.05) is 54.6 Å². The lowest BCUT2D eigenvalue weighted by molar-refractivity contribution is 0.0947. The summed E-state index contributed by atoms with van der Waals surface area (Å²) in [5.74, 6) is 2.00. The van der Waals surface area contributed by atoms with Gasteiger partial charge < -0.3 is 20.1 Å². The molecule has 6 heteroatoms. The van der Waals surface area contributed by atoms with Crippen LogP contribution in [0.15, 0.2) is 72.9 Å². The molecule has 2 N–H and O–H groups in total. The van der Waals surface area contributed by atoms with E-state index in [-0.39, 0.29) is 5.91 Å². The summed E-state index contributed by atoms with van der Waals surface area (Å²) in [7, 11) is 1.62. The van der Waals surface area contributed by atoms with Gasteiger partial charge in [-0.3, -0.25) is 4.79 Å². The quantitative estimate of drug-likeness (QED) is 0.558. The van der Waals surface area contributed by atoms with Gasteiger partial charge in [0.15, 0.2) is 0 Å². The van der Waals surface area contributed by atoms with Crippen LogP contribution in [0.5, 0.6) is 11.5 Å². The summed E-state index contributed by atoms with van der Waals surface area (Å²) in [5, 5.41) is 6.08. The van der Waals surface area contributed by atoms with E-state index in [2.05, 4.69) is 15.6 Å². The summed E-state index contributed by atoms with van der Waals surface area (Å²) >= 11 is 0. The lowest BCUT2D eigenvalue weighted by atomic mass is 10.2. The van der Waals surface area contributed by atoms with Crippen molar-refractivity contribution < 1.29 is 14.3 Å². The highest BCUT2D eigenvalue weighted by atomic mass is 16.5. The number of methoxy groups -OCH3 is 1. The van der Waals surface area contributed by atoms with Crippen LogP contribution in [0.1, 0.15) is 15.9 Å². The summed E-state index contributed by atoms with van der Waals surface area (Å²) in [5.41, 5.74) is 1.70. The molecule has 0 bridgehead atoms. The molecule has 1 heterocycles. The molecule has 0 spiro atoms. The second-order valence-electron chi connectivity index (χ2n) is 6.05. The van der Waals surface area contributed by atoms with Crippen molar-refractivity contribution in [2.24, 2.45) is 0 Å². The number of rotatable bonds is 9. The molecule has 1 amide bonds. The number of ether oxygens (including phenoxy) is 2. The molecular formula is C22H23N3O3. The molecule has 2 aromatic carbocycles. The molecule has 0 saturated carbocycles. The maximum Gasteiger partial charge on any atom is 0.251 e. The van der Waals surface area contributed by atoms with Crippen molar-refractivity contribution in [3.05, 3.63) is 84.1 Å². The van der Waals surface area contributed by atoms with E-state index < -0.39 is 0 Å². The Balaban J connectivity index is 1.44. The second kappa shape index (κ2) is 9.97. The van der Waals surface area contributed by atoms with Gasteiger partial charge in [0, 0.05) is 18.3 Å². The Hall–Kier alpha value is -3.54. The van der Waals surface area contributed by atoms with Crippen LogP contribution < -0.4 is 20.1 Å². The monoisotopic (exact) mass is 377 g/mol. The van der Waals surface area contributed by atoms with E-state index in [9.17, 15) is 4.79 Å². The number of carbonyl (C=O) groups excluding carboxylic acids is 1. The van der Waals surface area contributed by atoms with Gasteiger partial charge >= 0.3 is 0 Å². The van der Waals surface area contributed by atoms with Gasteiger partial charge in [0.05, 0.1) is 13.7 Å². The first-order valence-corrected chi connectivity index (χ1v) is 9.03. The van der Waals surface area contributed by atoms with Crippen LogP contribution in [0, 0.1) is 0 Å². The summed E-state index contributed by atoms with van der Waals surface area (Å²) in [6.07, 6.45) is 1.62. The summed E-state index contributed by atoms with van der Waals surface area (Å²) in [6.45, 7) is 1.43. The van der Waals surface area contributed by atoms with Crippen LogP contribution in [0.2, 0.25) is 0 Å². The number of nitrogens with one attached hydrogen (secondary N) is 2. The predicted molar refractivity (Wildman–Crippen MR) is 109 cm³/mol. The standard InChI is InChI=1S/C22H23N3O3/c1-27-19-7-9-20(10-8-19)28-14-13-24-22(26)18-11-12-23-21(15-18)25-16-17-5-3-2-4-6-17/h2-12,15H,13-14,16H2,1H3,(H,23,25)(H,24,26). The van der Waals surface area contributed by atoms with Gasteiger partial charge in [0.25, 0.3) is 5.91 Å². The molecule has 0 atom stereocenters. The zero-order valence-electron chi connectivity index (χ0n) is 15.7. The van der Waals surface area contributed by atoms with E-state index in [1.54, 1.807) is 25.4 Å². The molecule has 1 aromatic heterocycles. The SMILES string of the molecule is COc1ccc(OCCNC(=O)c2ccnc(NCc3ccccc3)c2)cc1. The molecule has 0 radical (unpaired) electrons. The summed E-state index contributed by atoms with van der Waals surface area (Å²) in [6, 6.07) is 20.8. The summed E-state index contributed by atoms with van der Waals surface area (Å²) < 4.78 is 10.7. The molecule has 0 aliphatic carbocycles. The number of hydrogen-bond donors (Lipinski definition) is 2. The van der Waals surface area contributed by atoms with Crippen molar-refractivity contribution in [1.82, 2.24) is 10.3 Å². The van der Waals surface area contributed by atoms with E-state index in [0.29, 0.717) is 31.1 Å². The van der Waals surface area contributed by atoms with Crippen molar-refractivity contribution in [1.29, 1.82) is 0 Å². The fourth-order valence-corrected chi connectivity index (χ4v) is 2.56. The van der Waals surface area contributed by atoms with Gasteiger partial charge in [-0.2, -0.15) is 0 Å². The van der Waals surface area contributed by atoms with Crippen molar-refractivity contribution in [3.8, 4) is 11.5 Å². The third kappa shape index (κ3) is 5.74. The van der Waals surface area contributed by atoms with Gasteiger partial charge in [-0.05, 0) is 42.0 Å². The Kier molecular flexibility index (Phi) is 6.84. The second-order valence-corrected chi connectivity index (χ2v) is 6.05. The third-order valence-electron chi connectivity index (χ3n) is 4.05. The summed E-state index contributed by atoms with van der Waals surface area (Å²) in [4.78, 5) is 16.6. The molecule has 28 heavy (non-hydrogen) atoms. The Morgan fingerprint density at radius 3 is 2.50 bits per heavy atom. The predicted octanol–water partition coefficient (Wildman–Crippen LogP) is 3.51. The molecule has 0 unspecified atom stereocenters. The fourth-order valence-electron chi connectivity index (χ4n) is 2.56. The first-order chi connectivity index (χ1) is 13.7. The molecule has 0 aliphatic rings. The van der Waals surface area contributed by atoms with Crippen molar-refractivity contribution in [3.63, 3.8) is 0 Å². The minimum Gasteiger partial charge on any atom is -0.497 e. The van der Waals surface area contributed by atoms with Crippen LogP contribution in [-0.2, 0) is 6.54 Å². The van der Waals surface area contributed by atoms with Gasteiger partial charge in [-0.15, -0.1) is 0 Å². The Morgan fingerprint density at radius 2 is 1.75 bits per heavy atom. The molecule has 3 aromatic rings. The molecule has 6 nitrogen and oxygen atoms in total. The number of aromatic nitrogens is 1. The zero-order valence-corrected chi connectivity index (χ0v) is 15.7. The average molecular weight is 377 g/mol. The van der Waals surface area contributed by atoms with Crippen molar-refractivity contribution >= 4 is 11.7 Å². The first-order valence-electron chi connectivity index (χ1n) is 9.03. The molecule has 3 rings (SSSR count). The van der Waals surface area contributed by atoms with E-state index in [1.165, 1.54) is 0 Å². The fraction of sp³-hybridized carbons (Fsp3) is 0.182. The van der Waals surface area contributed by atoms with Crippen LogP contribution in [0.4, 0.5) is 5.82 Å². The maximum absolute atomic E-state index is 12.3. The number of benzene rings is 2. The number of hydrogen-bond acceptors (Lipinski definition) is 5. The Bertz CT molecular complexity index is 883. The zero-order chi connectivity index (χ0) is 19.6. The largest absolute Gasteiger partial charge is 0.497 e. The van der Waals surface area contributed by atoms with Crippen LogP contribution in [0.25, 0.3) is 0 Å². The molecule has 144 valence electrons. The topological polar surface area (TPSA) is 72.5 Å². The van der Waals surface area contributed by atoms with Crippen LogP contribution in [0.3, 0.4) is 0 Å². The number of nitrogens with zero attached hydrogens (tertiary/aromatic N) is 1. The number of carbonyl (C=O) groups is 1. The van der Waals surface area contributed by atoms with Gasteiger partial charge in [-0.1, -0.05) is 30.3 Å². The van der Waals surface area contributed by atoms with Crippen molar-refractivity contribution in [2.45, 2.75) is 6.54 Å². The average Bonchev–Trinajstić information content (AvgIpc) is 2.76. The Morgan fingerprint density at radius 1 is 1.00 bits per heavy atom. The highest BCUT2D eigenvalue weighted by molar-refractivity contribution is 5.94. The molecule has 0 aliphatic heterocycles.